The smallest absolute Gasteiger partial charge is 0.223 e. The first-order valence-electron chi connectivity index (χ1n) is 10.4. The van der Waals surface area contributed by atoms with Crippen LogP contribution >= 0.6 is 0 Å². The van der Waals surface area contributed by atoms with E-state index in [9.17, 15) is 14.0 Å². The van der Waals surface area contributed by atoms with E-state index in [4.69, 9.17) is 0 Å². The standard InChI is InChI=1S/C20H28FN5O2/c1-2-4-18(27)23-9-17-14-7-13(16-5-3-6-19(28)26(16)17)10-25(11-14)20-15(21)8-22-12-24-20/h8,12-14,16-17H,2-7,9-11H2,1H3,(H,23,27)/t13-,14+,16+,17+/m1/s1. The first kappa shape index (κ1) is 19.1. The summed E-state index contributed by atoms with van der Waals surface area (Å²) in [5, 5.41) is 3.03. The van der Waals surface area contributed by atoms with Gasteiger partial charge in [-0.1, -0.05) is 6.92 Å². The van der Waals surface area contributed by atoms with Gasteiger partial charge in [-0.15, -0.1) is 0 Å². The molecule has 1 N–H and O–H groups in total. The van der Waals surface area contributed by atoms with E-state index >= 15 is 0 Å². The zero-order valence-corrected chi connectivity index (χ0v) is 16.3. The van der Waals surface area contributed by atoms with Crippen LogP contribution in [0.2, 0.25) is 0 Å². The van der Waals surface area contributed by atoms with E-state index in [1.165, 1.54) is 12.5 Å². The van der Waals surface area contributed by atoms with Gasteiger partial charge in [0.1, 0.15) is 6.33 Å². The third-order valence-electron chi connectivity index (χ3n) is 6.43. The Morgan fingerprint density at radius 3 is 2.96 bits per heavy atom. The number of rotatable bonds is 5. The van der Waals surface area contributed by atoms with E-state index in [1.807, 2.05) is 11.8 Å². The van der Waals surface area contributed by atoms with Gasteiger partial charge in [-0.2, -0.15) is 0 Å². The molecular weight excluding hydrogens is 361 g/mol. The monoisotopic (exact) mass is 389 g/mol. The third kappa shape index (κ3) is 3.56. The third-order valence-corrected chi connectivity index (χ3v) is 6.43. The van der Waals surface area contributed by atoms with Gasteiger partial charge in [-0.3, -0.25) is 9.59 Å². The lowest BCUT2D eigenvalue weighted by Gasteiger charge is -2.56. The number of anilines is 1. The number of carbonyl (C=O) groups is 2. The first-order chi connectivity index (χ1) is 13.6. The molecule has 1 aromatic heterocycles. The van der Waals surface area contributed by atoms with Crippen molar-refractivity contribution >= 4 is 17.6 Å². The van der Waals surface area contributed by atoms with Gasteiger partial charge in [0, 0.05) is 38.5 Å². The molecule has 2 amide bonds. The molecule has 3 aliphatic heterocycles. The Morgan fingerprint density at radius 2 is 2.18 bits per heavy atom. The maximum atomic E-state index is 14.3. The van der Waals surface area contributed by atoms with E-state index in [-0.39, 0.29) is 29.8 Å². The molecule has 0 radical (unpaired) electrons. The number of nitrogens with zero attached hydrogens (tertiary/aromatic N) is 4. The number of nitrogens with one attached hydrogen (secondary N) is 1. The Morgan fingerprint density at radius 1 is 1.36 bits per heavy atom. The molecule has 152 valence electrons. The molecule has 0 aliphatic carbocycles. The molecule has 0 aromatic carbocycles. The summed E-state index contributed by atoms with van der Waals surface area (Å²) in [5.41, 5.74) is 0. The molecule has 4 heterocycles. The molecule has 28 heavy (non-hydrogen) atoms. The molecule has 4 atom stereocenters. The quantitative estimate of drug-likeness (QED) is 0.830. The summed E-state index contributed by atoms with van der Waals surface area (Å²) in [4.78, 5) is 36.8. The van der Waals surface area contributed by atoms with Gasteiger partial charge >= 0.3 is 0 Å². The molecule has 3 saturated heterocycles. The van der Waals surface area contributed by atoms with E-state index in [1.54, 1.807) is 0 Å². The Hall–Kier alpha value is -2.25. The van der Waals surface area contributed by atoms with Crippen LogP contribution in [0.25, 0.3) is 0 Å². The van der Waals surface area contributed by atoms with Crippen molar-refractivity contribution in [2.75, 3.05) is 24.5 Å². The molecule has 4 rings (SSSR count). The number of piperidine rings is 3. The fourth-order valence-corrected chi connectivity index (χ4v) is 5.28. The van der Waals surface area contributed by atoms with Gasteiger partial charge in [-0.25, -0.2) is 14.4 Å². The Bertz CT molecular complexity index is 745. The van der Waals surface area contributed by atoms with Crippen molar-refractivity contribution in [3.05, 3.63) is 18.3 Å². The van der Waals surface area contributed by atoms with Gasteiger partial charge in [-0.05, 0) is 37.5 Å². The van der Waals surface area contributed by atoms with Crippen LogP contribution in [0.4, 0.5) is 10.2 Å². The van der Waals surface area contributed by atoms with Crippen molar-refractivity contribution < 1.29 is 14.0 Å². The Labute approximate surface area is 164 Å². The highest BCUT2D eigenvalue weighted by molar-refractivity contribution is 5.79. The number of aromatic nitrogens is 2. The average Bonchev–Trinajstić information content (AvgIpc) is 2.69. The SMILES string of the molecule is CCCC(=O)NC[C@H]1[C@H]2C[C@H](CN(c3ncncc3F)C2)[C@@H]2CCCC(=O)N21. The molecule has 7 nitrogen and oxygen atoms in total. The van der Waals surface area contributed by atoms with Gasteiger partial charge in [0.15, 0.2) is 11.6 Å². The summed E-state index contributed by atoms with van der Waals surface area (Å²) < 4.78 is 14.3. The highest BCUT2D eigenvalue weighted by Crippen LogP contribution is 2.42. The molecule has 3 fully saturated rings. The van der Waals surface area contributed by atoms with Crippen LogP contribution in [-0.2, 0) is 9.59 Å². The largest absolute Gasteiger partial charge is 0.354 e. The lowest BCUT2D eigenvalue weighted by atomic mass is 9.72. The highest BCUT2D eigenvalue weighted by Gasteiger charge is 2.49. The van der Waals surface area contributed by atoms with Gasteiger partial charge in [0.2, 0.25) is 11.8 Å². The number of carbonyl (C=O) groups excluding carboxylic acids is 2. The molecule has 0 unspecified atom stereocenters. The van der Waals surface area contributed by atoms with Crippen LogP contribution in [0.3, 0.4) is 0 Å². The maximum absolute atomic E-state index is 14.3. The summed E-state index contributed by atoms with van der Waals surface area (Å²) >= 11 is 0. The number of hydrogen-bond donors (Lipinski definition) is 1. The summed E-state index contributed by atoms with van der Waals surface area (Å²) in [7, 11) is 0. The van der Waals surface area contributed by atoms with Gasteiger partial charge in [0.05, 0.1) is 12.2 Å². The van der Waals surface area contributed by atoms with Crippen molar-refractivity contribution in [3.63, 3.8) is 0 Å². The second-order valence-corrected chi connectivity index (χ2v) is 8.24. The fourth-order valence-electron chi connectivity index (χ4n) is 5.28. The number of halogens is 1. The predicted octanol–water partition coefficient (Wildman–Crippen LogP) is 1.74. The Kier molecular flexibility index (Phi) is 5.46. The second kappa shape index (κ2) is 8.01. The second-order valence-electron chi connectivity index (χ2n) is 8.24. The van der Waals surface area contributed by atoms with Crippen molar-refractivity contribution in [2.24, 2.45) is 11.8 Å². The molecule has 3 aliphatic rings. The summed E-state index contributed by atoms with van der Waals surface area (Å²) in [6.45, 7) is 3.78. The minimum atomic E-state index is -0.410. The first-order valence-corrected chi connectivity index (χ1v) is 10.4. The molecule has 0 saturated carbocycles. The predicted molar refractivity (Wildman–Crippen MR) is 102 cm³/mol. The van der Waals surface area contributed by atoms with Crippen LogP contribution in [0.1, 0.15) is 45.4 Å². The number of amides is 2. The normalized spacial score (nSPS) is 29.4. The van der Waals surface area contributed by atoms with E-state index in [0.29, 0.717) is 44.2 Å². The van der Waals surface area contributed by atoms with Crippen molar-refractivity contribution in [3.8, 4) is 0 Å². The zero-order chi connectivity index (χ0) is 19.7. The number of fused-ring (bicyclic) bond motifs is 4. The molecule has 8 heteroatoms. The fraction of sp³-hybridized carbons (Fsp3) is 0.700. The summed E-state index contributed by atoms with van der Waals surface area (Å²) in [5.74, 6) is 0.650. The summed E-state index contributed by atoms with van der Waals surface area (Å²) in [6.07, 6.45) is 7.34. The van der Waals surface area contributed by atoms with Crippen molar-refractivity contribution in [1.29, 1.82) is 0 Å². The van der Waals surface area contributed by atoms with Gasteiger partial charge in [0.25, 0.3) is 0 Å². The van der Waals surface area contributed by atoms with E-state index in [0.717, 1.165) is 25.7 Å². The van der Waals surface area contributed by atoms with E-state index < -0.39 is 5.82 Å². The topological polar surface area (TPSA) is 78.4 Å². The van der Waals surface area contributed by atoms with Crippen LogP contribution in [0.5, 0.6) is 0 Å². The van der Waals surface area contributed by atoms with Crippen LogP contribution in [0.15, 0.2) is 12.5 Å². The van der Waals surface area contributed by atoms with Crippen LogP contribution in [0, 0.1) is 17.7 Å². The number of hydrogen-bond acceptors (Lipinski definition) is 5. The zero-order valence-electron chi connectivity index (χ0n) is 16.3. The molecule has 1 aromatic rings. The minimum absolute atomic E-state index is 0.0279. The molecule has 2 bridgehead atoms. The van der Waals surface area contributed by atoms with Crippen LogP contribution in [-0.4, -0.2) is 58.4 Å². The minimum Gasteiger partial charge on any atom is -0.354 e. The highest BCUT2D eigenvalue weighted by atomic mass is 19.1. The lowest BCUT2D eigenvalue weighted by Crippen LogP contribution is -2.67. The average molecular weight is 389 g/mol. The summed E-state index contributed by atoms with van der Waals surface area (Å²) in [6, 6.07) is 0.126. The van der Waals surface area contributed by atoms with E-state index in [2.05, 4.69) is 20.2 Å². The van der Waals surface area contributed by atoms with Crippen molar-refractivity contribution in [2.45, 2.75) is 57.5 Å². The maximum Gasteiger partial charge on any atom is 0.223 e. The Balaban J connectivity index is 1.58. The van der Waals surface area contributed by atoms with Crippen molar-refractivity contribution in [1.82, 2.24) is 20.2 Å². The van der Waals surface area contributed by atoms with Crippen LogP contribution < -0.4 is 10.2 Å². The molecule has 0 spiro atoms. The lowest BCUT2D eigenvalue weighted by molar-refractivity contribution is -0.149. The molecular formula is C20H28FN5O2. The van der Waals surface area contributed by atoms with Gasteiger partial charge < -0.3 is 15.1 Å².